The van der Waals surface area contributed by atoms with Crippen molar-refractivity contribution < 1.29 is 42.6 Å². The van der Waals surface area contributed by atoms with Crippen molar-refractivity contribution in [1.29, 1.82) is 0 Å². The Hall–Kier alpha value is -0.206. The van der Waals surface area contributed by atoms with Crippen molar-refractivity contribution in [1.82, 2.24) is 0 Å². The maximum absolute atomic E-state index is 11.4. The molecule has 2 nitrogen and oxygen atoms in total. The van der Waals surface area contributed by atoms with Crippen LogP contribution in [0.25, 0.3) is 0 Å². The van der Waals surface area contributed by atoms with Gasteiger partial charge in [-0.15, -0.1) is 5.56 Å². The van der Waals surface area contributed by atoms with Gasteiger partial charge in [-0.1, -0.05) is 19.8 Å². The van der Waals surface area contributed by atoms with Gasteiger partial charge in [0.2, 0.25) is 0 Å². The molecule has 1 aromatic carbocycles. The van der Waals surface area contributed by atoms with E-state index in [4.69, 9.17) is 0 Å². The summed E-state index contributed by atoms with van der Waals surface area (Å²) in [7, 11) is 0. The van der Waals surface area contributed by atoms with Gasteiger partial charge in [0.05, 0.1) is 5.41 Å². The summed E-state index contributed by atoms with van der Waals surface area (Å²) in [6.45, 7) is 1.95. The van der Waals surface area contributed by atoms with E-state index in [9.17, 15) is 9.90 Å². The first-order valence-corrected chi connectivity index (χ1v) is 5.37. The normalized spacial score (nSPS) is 17.8. The molecule has 0 amide bonds. The number of carbonyl (C=O) groups is 1. The second kappa shape index (κ2) is 5.42. The van der Waals surface area contributed by atoms with E-state index in [1.165, 1.54) is 0 Å². The SMILES string of the molecule is Cc1[c-]ccc(C2(C(=O)O)CCCC2)c1.[Y]. The third-order valence-corrected chi connectivity index (χ3v) is 3.36. The van der Waals surface area contributed by atoms with Crippen LogP contribution in [0.3, 0.4) is 0 Å². The van der Waals surface area contributed by atoms with Crippen molar-refractivity contribution >= 4 is 5.97 Å². The molecule has 0 spiro atoms. The molecule has 1 aliphatic carbocycles. The molecule has 0 heterocycles. The summed E-state index contributed by atoms with van der Waals surface area (Å²) in [5.41, 5.74) is 1.34. The van der Waals surface area contributed by atoms with Gasteiger partial charge in [0.15, 0.2) is 0 Å². The minimum absolute atomic E-state index is 0. The van der Waals surface area contributed by atoms with Crippen LogP contribution < -0.4 is 0 Å². The van der Waals surface area contributed by atoms with Gasteiger partial charge in [-0.05, 0) is 12.8 Å². The Kier molecular flexibility index (Phi) is 4.69. The number of aliphatic carboxylic acids is 1. The number of aryl methyl sites for hydroxylation is 1. The van der Waals surface area contributed by atoms with E-state index in [0.29, 0.717) is 0 Å². The fourth-order valence-electron chi connectivity index (χ4n) is 2.49. The van der Waals surface area contributed by atoms with Crippen LogP contribution in [-0.2, 0) is 42.9 Å². The van der Waals surface area contributed by atoms with Crippen molar-refractivity contribution in [3.63, 3.8) is 0 Å². The maximum Gasteiger partial charge on any atom is 0.311 e. The predicted octanol–water partition coefficient (Wildman–Crippen LogP) is 2.69. The number of carboxylic acid groups (broad SMARTS) is 1. The van der Waals surface area contributed by atoms with Gasteiger partial charge in [0.25, 0.3) is 0 Å². The van der Waals surface area contributed by atoms with Crippen LogP contribution in [0.15, 0.2) is 18.2 Å². The standard InChI is InChI=1S/C13H15O2.Y/c1-10-5-4-6-11(9-10)13(12(14)15)7-2-3-8-13;/h4,6,9H,2-3,7-8H2,1H3,(H,14,15);/q-1;. The fourth-order valence-corrected chi connectivity index (χ4v) is 2.49. The third kappa shape index (κ3) is 2.38. The van der Waals surface area contributed by atoms with Crippen LogP contribution in [0.5, 0.6) is 0 Å². The van der Waals surface area contributed by atoms with Crippen molar-refractivity contribution in [3.8, 4) is 0 Å². The minimum Gasteiger partial charge on any atom is -0.481 e. The van der Waals surface area contributed by atoms with Gasteiger partial charge in [0.1, 0.15) is 0 Å². The zero-order valence-electron chi connectivity index (χ0n) is 9.49. The summed E-state index contributed by atoms with van der Waals surface area (Å²) >= 11 is 0. The Labute approximate surface area is 121 Å². The molecule has 0 aromatic heterocycles. The van der Waals surface area contributed by atoms with Crippen molar-refractivity contribution in [2.45, 2.75) is 38.0 Å². The number of carboxylic acids is 1. The molecule has 16 heavy (non-hydrogen) atoms. The first-order chi connectivity index (χ1) is 7.15. The van der Waals surface area contributed by atoms with Crippen LogP contribution in [0, 0.1) is 13.0 Å². The molecule has 1 N–H and O–H groups in total. The van der Waals surface area contributed by atoms with E-state index in [0.717, 1.165) is 36.8 Å². The van der Waals surface area contributed by atoms with E-state index in [1.807, 2.05) is 25.1 Å². The molecular weight excluding hydrogens is 277 g/mol. The van der Waals surface area contributed by atoms with Crippen molar-refractivity contribution in [2.75, 3.05) is 0 Å². The average Bonchev–Trinajstić information content (AvgIpc) is 2.67. The van der Waals surface area contributed by atoms with Gasteiger partial charge >= 0.3 is 5.97 Å². The molecule has 1 fully saturated rings. The zero-order chi connectivity index (χ0) is 10.9. The van der Waals surface area contributed by atoms with E-state index >= 15 is 0 Å². The number of hydrogen-bond acceptors (Lipinski definition) is 1. The first-order valence-electron chi connectivity index (χ1n) is 5.37. The molecule has 1 saturated carbocycles. The van der Waals surface area contributed by atoms with Gasteiger partial charge in [0, 0.05) is 32.7 Å². The summed E-state index contributed by atoms with van der Waals surface area (Å²) in [5.74, 6) is -0.675. The summed E-state index contributed by atoms with van der Waals surface area (Å²) in [6, 6.07) is 8.74. The number of benzene rings is 1. The first kappa shape index (κ1) is 13.9. The Morgan fingerprint density at radius 1 is 1.44 bits per heavy atom. The topological polar surface area (TPSA) is 37.3 Å². The Morgan fingerprint density at radius 2 is 2.06 bits per heavy atom. The Morgan fingerprint density at radius 3 is 2.56 bits per heavy atom. The number of rotatable bonds is 2. The monoisotopic (exact) mass is 292 g/mol. The summed E-state index contributed by atoms with van der Waals surface area (Å²) in [6.07, 6.45) is 3.57. The zero-order valence-corrected chi connectivity index (χ0v) is 12.3. The summed E-state index contributed by atoms with van der Waals surface area (Å²) in [4.78, 5) is 11.4. The molecular formula is C13H15O2Y-. The minimum atomic E-state index is -0.675. The quantitative estimate of drug-likeness (QED) is 0.851. The van der Waals surface area contributed by atoms with Gasteiger partial charge in [-0.25, -0.2) is 0 Å². The number of hydrogen-bond donors (Lipinski definition) is 1. The van der Waals surface area contributed by atoms with E-state index < -0.39 is 11.4 Å². The molecule has 3 heteroatoms. The van der Waals surface area contributed by atoms with Crippen LogP contribution in [-0.4, -0.2) is 11.1 Å². The third-order valence-electron chi connectivity index (χ3n) is 3.36. The predicted molar refractivity (Wildman–Crippen MR) is 57.8 cm³/mol. The van der Waals surface area contributed by atoms with E-state index in [1.54, 1.807) is 0 Å². The molecule has 0 saturated heterocycles. The van der Waals surface area contributed by atoms with Crippen LogP contribution in [0.2, 0.25) is 0 Å². The molecule has 83 valence electrons. The van der Waals surface area contributed by atoms with Crippen molar-refractivity contribution in [3.05, 3.63) is 35.4 Å². The second-order valence-corrected chi connectivity index (χ2v) is 4.35. The van der Waals surface area contributed by atoms with Gasteiger partial charge in [-0.3, -0.25) is 4.79 Å². The van der Waals surface area contributed by atoms with Crippen molar-refractivity contribution in [2.24, 2.45) is 0 Å². The van der Waals surface area contributed by atoms with Gasteiger partial charge in [-0.2, -0.15) is 29.8 Å². The second-order valence-electron chi connectivity index (χ2n) is 4.35. The Balaban J connectivity index is 0.00000128. The van der Waals surface area contributed by atoms with Crippen LogP contribution in [0.1, 0.15) is 36.8 Å². The molecule has 1 radical (unpaired) electrons. The Bertz CT molecular complexity index is 381. The molecule has 2 rings (SSSR count). The molecule has 0 atom stereocenters. The molecule has 1 aromatic rings. The van der Waals surface area contributed by atoms with E-state index in [2.05, 4.69) is 6.07 Å². The summed E-state index contributed by atoms with van der Waals surface area (Å²) in [5, 5.41) is 9.40. The molecule has 0 bridgehead atoms. The maximum atomic E-state index is 11.4. The fraction of sp³-hybridized carbons (Fsp3) is 0.462. The van der Waals surface area contributed by atoms with E-state index in [-0.39, 0.29) is 32.7 Å². The van der Waals surface area contributed by atoms with Crippen LogP contribution in [0.4, 0.5) is 0 Å². The average molecular weight is 292 g/mol. The smallest absolute Gasteiger partial charge is 0.311 e. The molecule has 0 aliphatic heterocycles. The largest absolute Gasteiger partial charge is 0.481 e. The van der Waals surface area contributed by atoms with Gasteiger partial charge < -0.3 is 5.11 Å². The molecule has 0 unspecified atom stereocenters. The van der Waals surface area contributed by atoms with Crippen LogP contribution >= 0.6 is 0 Å². The molecule has 1 aliphatic rings. The summed E-state index contributed by atoms with van der Waals surface area (Å²) < 4.78 is 0.